The summed E-state index contributed by atoms with van der Waals surface area (Å²) in [6, 6.07) is 0. The molecule has 0 aliphatic heterocycles. The summed E-state index contributed by atoms with van der Waals surface area (Å²) in [6.45, 7) is 2.33. The zero-order valence-corrected chi connectivity index (χ0v) is 15.4. The molecule has 3 heteroatoms. The number of rotatable bonds is 4. The maximum absolute atomic E-state index is 14.1. The molecule has 22 heavy (non-hydrogen) atoms. The molecule has 0 spiro atoms. The van der Waals surface area contributed by atoms with Gasteiger partial charge < -0.3 is 4.52 Å². The van der Waals surface area contributed by atoms with Crippen molar-refractivity contribution in [2.75, 3.05) is 0 Å². The highest BCUT2D eigenvalue weighted by Crippen LogP contribution is 2.64. The lowest BCUT2D eigenvalue weighted by atomic mass is 9.89. The van der Waals surface area contributed by atoms with Crippen LogP contribution in [0, 0.1) is 5.92 Å². The lowest BCUT2D eigenvalue weighted by molar-refractivity contribution is 0.124. The Morgan fingerprint density at radius 2 is 1.27 bits per heavy atom. The minimum Gasteiger partial charge on any atom is -0.325 e. The Bertz CT molecular complexity index is 361. The normalized spacial score (nSPS) is 33.0. The second-order valence-electron chi connectivity index (χ2n) is 8.23. The molecular formula is C19H35O2P. The van der Waals surface area contributed by atoms with Crippen molar-refractivity contribution in [2.24, 2.45) is 5.92 Å². The Hall–Kier alpha value is 0.190. The first kappa shape index (κ1) is 17.0. The maximum Gasteiger partial charge on any atom is 0.209 e. The van der Waals surface area contributed by atoms with Gasteiger partial charge >= 0.3 is 0 Å². The first-order valence-corrected chi connectivity index (χ1v) is 11.7. The van der Waals surface area contributed by atoms with Gasteiger partial charge in [0.05, 0.1) is 6.10 Å². The fraction of sp³-hybridized carbons (Fsp3) is 1.00. The van der Waals surface area contributed by atoms with Gasteiger partial charge in [0, 0.05) is 11.3 Å². The Labute approximate surface area is 137 Å². The minimum atomic E-state index is -2.47. The van der Waals surface area contributed by atoms with Crippen molar-refractivity contribution >= 4 is 7.37 Å². The molecule has 128 valence electrons. The first-order valence-electron chi connectivity index (χ1n) is 9.96. The van der Waals surface area contributed by atoms with Gasteiger partial charge in [-0.3, -0.25) is 4.57 Å². The van der Waals surface area contributed by atoms with Crippen LogP contribution < -0.4 is 0 Å². The van der Waals surface area contributed by atoms with Crippen LogP contribution in [0.1, 0.15) is 96.8 Å². The Morgan fingerprint density at radius 1 is 0.727 bits per heavy atom. The topological polar surface area (TPSA) is 26.3 Å². The molecule has 0 aromatic rings. The summed E-state index contributed by atoms with van der Waals surface area (Å²) in [5, 5.41) is 0. The molecule has 3 rings (SSSR count). The second kappa shape index (κ2) is 7.84. The Morgan fingerprint density at radius 3 is 1.77 bits per heavy atom. The molecule has 0 bridgehead atoms. The van der Waals surface area contributed by atoms with Gasteiger partial charge in [-0.05, 0) is 44.4 Å². The van der Waals surface area contributed by atoms with Gasteiger partial charge in [0.15, 0.2) is 0 Å². The molecule has 3 aliphatic rings. The summed E-state index contributed by atoms with van der Waals surface area (Å²) < 4.78 is 20.7. The van der Waals surface area contributed by atoms with E-state index in [4.69, 9.17) is 4.52 Å². The van der Waals surface area contributed by atoms with Crippen molar-refractivity contribution in [1.29, 1.82) is 0 Å². The predicted molar refractivity (Wildman–Crippen MR) is 93.9 cm³/mol. The molecule has 3 saturated carbocycles. The Balaban J connectivity index is 1.73. The minimum absolute atomic E-state index is 0.290. The van der Waals surface area contributed by atoms with Gasteiger partial charge in [-0.15, -0.1) is 0 Å². The molecular weight excluding hydrogens is 291 g/mol. The van der Waals surface area contributed by atoms with Crippen LogP contribution in [0.25, 0.3) is 0 Å². The monoisotopic (exact) mass is 326 g/mol. The maximum atomic E-state index is 14.1. The third-order valence-corrected chi connectivity index (χ3v) is 10.1. The molecule has 0 N–H and O–H groups in total. The van der Waals surface area contributed by atoms with Crippen molar-refractivity contribution < 1.29 is 9.09 Å². The van der Waals surface area contributed by atoms with Crippen LogP contribution in [0.3, 0.4) is 0 Å². The van der Waals surface area contributed by atoms with Crippen molar-refractivity contribution in [2.45, 2.75) is 114 Å². The summed E-state index contributed by atoms with van der Waals surface area (Å²) >= 11 is 0. The summed E-state index contributed by atoms with van der Waals surface area (Å²) in [5.74, 6) is 0.755. The molecule has 2 nitrogen and oxygen atoms in total. The predicted octanol–water partition coefficient (Wildman–Crippen LogP) is 6.53. The fourth-order valence-electron chi connectivity index (χ4n) is 5.06. The van der Waals surface area contributed by atoms with E-state index in [0.717, 1.165) is 44.4 Å². The lowest BCUT2D eigenvalue weighted by Crippen LogP contribution is -2.29. The van der Waals surface area contributed by atoms with E-state index in [1.54, 1.807) is 0 Å². The van der Waals surface area contributed by atoms with Crippen molar-refractivity contribution in [1.82, 2.24) is 0 Å². The average molecular weight is 326 g/mol. The van der Waals surface area contributed by atoms with E-state index in [1.165, 1.54) is 51.4 Å². The van der Waals surface area contributed by atoms with Crippen LogP contribution in [0.15, 0.2) is 0 Å². The van der Waals surface area contributed by atoms with Gasteiger partial charge in [0.2, 0.25) is 7.37 Å². The molecule has 0 saturated heterocycles. The van der Waals surface area contributed by atoms with Gasteiger partial charge in [0.25, 0.3) is 0 Å². The molecule has 2 atom stereocenters. The van der Waals surface area contributed by atoms with E-state index in [9.17, 15) is 4.57 Å². The van der Waals surface area contributed by atoms with Gasteiger partial charge in [-0.1, -0.05) is 58.3 Å². The van der Waals surface area contributed by atoms with Crippen LogP contribution >= 0.6 is 7.37 Å². The highest BCUT2D eigenvalue weighted by molar-refractivity contribution is 7.60. The van der Waals surface area contributed by atoms with Crippen LogP contribution in [0.2, 0.25) is 0 Å². The third kappa shape index (κ3) is 3.99. The molecule has 3 aliphatic carbocycles. The van der Waals surface area contributed by atoms with E-state index < -0.39 is 7.37 Å². The molecule has 3 fully saturated rings. The molecule has 0 amide bonds. The highest BCUT2D eigenvalue weighted by atomic mass is 31.2. The van der Waals surface area contributed by atoms with E-state index in [-0.39, 0.29) is 0 Å². The molecule has 2 unspecified atom stereocenters. The number of hydrogen-bond donors (Lipinski definition) is 0. The van der Waals surface area contributed by atoms with Crippen LogP contribution in [-0.4, -0.2) is 17.4 Å². The quantitative estimate of drug-likeness (QED) is 0.549. The summed E-state index contributed by atoms with van der Waals surface area (Å²) in [7, 11) is -2.47. The van der Waals surface area contributed by atoms with Gasteiger partial charge in [0.1, 0.15) is 0 Å². The van der Waals surface area contributed by atoms with Crippen molar-refractivity contribution in [3.05, 3.63) is 0 Å². The summed E-state index contributed by atoms with van der Waals surface area (Å²) in [6.07, 6.45) is 17.6. The van der Waals surface area contributed by atoms with E-state index >= 15 is 0 Å². The highest BCUT2D eigenvalue weighted by Gasteiger charge is 2.44. The van der Waals surface area contributed by atoms with Crippen LogP contribution in [-0.2, 0) is 9.09 Å². The zero-order chi connectivity index (χ0) is 15.4. The molecule has 0 radical (unpaired) electrons. The van der Waals surface area contributed by atoms with Gasteiger partial charge in [-0.2, -0.15) is 0 Å². The number of hydrogen-bond acceptors (Lipinski definition) is 2. The second-order valence-corrected chi connectivity index (χ2v) is 11.2. The fourth-order valence-corrected chi connectivity index (χ4v) is 8.83. The van der Waals surface area contributed by atoms with E-state index in [0.29, 0.717) is 17.4 Å². The van der Waals surface area contributed by atoms with Crippen LogP contribution in [0.5, 0.6) is 0 Å². The van der Waals surface area contributed by atoms with E-state index in [2.05, 4.69) is 6.92 Å². The van der Waals surface area contributed by atoms with Crippen molar-refractivity contribution in [3.8, 4) is 0 Å². The lowest BCUT2D eigenvalue weighted by Gasteiger charge is -2.40. The zero-order valence-electron chi connectivity index (χ0n) is 14.5. The average Bonchev–Trinajstić information content (AvgIpc) is 2.56. The van der Waals surface area contributed by atoms with Crippen molar-refractivity contribution in [3.63, 3.8) is 0 Å². The largest absolute Gasteiger partial charge is 0.325 e. The SMILES string of the molecule is CC1CCCC(OP(=O)(C2CCCCC2)C2CCCCC2)C1. The van der Waals surface area contributed by atoms with E-state index in [1.807, 2.05) is 0 Å². The summed E-state index contributed by atoms with van der Waals surface area (Å²) in [5.41, 5.74) is 0.781. The first-order chi connectivity index (χ1) is 10.7. The van der Waals surface area contributed by atoms with Gasteiger partial charge in [-0.25, -0.2) is 0 Å². The molecule has 0 heterocycles. The van der Waals surface area contributed by atoms with Crippen LogP contribution in [0.4, 0.5) is 0 Å². The Kier molecular flexibility index (Phi) is 6.07. The standard InChI is InChI=1S/C19H35O2P/c1-16-9-8-10-17(15-16)21-22(20,18-11-4-2-5-12-18)19-13-6-3-7-14-19/h16-19H,2-15H2,1H3. The molecule has 0 aromatic heterocycles. The molecule has 0 aromatic carbocycles. The third-order valence-electron chi connectivity index (χ3n) is 6.37. The smallest absolute Gasteiger partial charge is 0.209 e. The summed E-state index contributed by atoms with van der Waals surface area (Å²) in [4.78, 5) is 0.